The predicted molar refractivity (Wildman–Crippen MR) is 165 cm³/mol. The molecule has 1 saturated heterocycles. The molecule has 0 aromatic heterocycles. The Morgan fingerprint density at radius 1 is 0.512 bits per heavy atom. The van der Waals surface area contributed by atoms with Gasteiger partial charge in [0.05, 0.1) is 33.0 Å². The van der Waals surface area contributed by atoms with Crippen molar-refractivity contribution in [2.75, 3.05) is 13.2 Å². The molecule has 1 aliphatic rings. The quantitative estimate of drug-likeness (QED) is 0.154. The molecule has 0 aliphatic carbocycles. The zero-order valence-corrected chi connectivity index (χ0v) is 24.2. The summed E-state index contributed by atoms with van der Waals surface area (Å²) in [5.74, 6) is 2.56. The normalized spacial score (nSPS) is 21.7. The highest BCUT2D eigenvalue weighted by molar-refractivity contribution is 5.16. The molecule has 4 aromatic rings. The van der Waals surface area contributed by atoms with Crippen LogP contribution in [0, 0.1) is 12.3 Å². The maximum absolute atomic E-state index is 6.66. The van der Waals surface area contributed by atoms with Gasteiger partial charge in [0, 0.05) is 0 Å². The fourth-order valence-corrected chi connectivity index (χ4v) is 5.01. The van der Waals surface area contributed by atoms with Crippen LogP contribution in [0.15, 0.2) is 121 Å². The van der Waals surface area contributed by atoms with Gasteiger partial charge in [0.2, 0.25) is 0 Å². The highest BCUT2D eigenvalue weighted by Crippen LogP contribution is 2.31. The standard InChI is InChI=1S/C37H38O6/c1-2-23-39-37-36(42-27-32-21-13-6-14-22-32)35(41-26-31-19-11-5-12-20-31)34(40-25-30-17-9-4-10-18-30)33(43-37)28-38-24-29-15-7-3-8-16-29/h1,3-22,33-37H,23-28H2/t33-,34+,35+,36-,37+/m1/s1. The van der Waals surface area contributed by atoms with Crippen LogP contribution in [0.2, 0.25) is 0 Å². The molecule has 222 valence electrons. The van der Waals surface area contributed by atoms with Gasteiger partial charge in [-0.2, -0.15) is 0 Å². The van der Waals surface area contributed by atoms with Crippen LogP contribution in [-0.2, 0) is 54.8 Å². The molecule has 0 N–H and O–H groups in total. The van der Waals surface area contributed by atoms with Crippen LogP contribution in [0.4, 0.5) is 0 Å². The second-order valence-electron chi connectivity index (χ2n) is 10.3. The SMILES string of the molecule is C#CCO[C@H]1O[C@H](COCc2ccccc2)[C@H](OCc2ccccc2)[C@H](OCc2ccccc2)[C@H]1OCc1ccccc1. The average molecular weight is 579 g/mol. The van der Waals surface area contributed by atoms with E-state index in [2.05, 4.69) is 5.92 Å². The number of hydrogen-bond donors (Lipinski definition) is 0. The Morgan fingerprint density at radius 3 is 1.40 bits per heavy atom. The van der Waals surface area contributed by atoms with E-state index in [1.165, 1.54) is 0 Å². The van der Waals surface area contributed by atoms with E-state index in [1.807, 2.05) is 121 Å². The van der Waals surface area contributed by atoms with Gasteiger partial charge in [-0.25, -0.2) is 0 Å². The molecule has 0 spiro atoms. The van der Waals surface area contributed by atoms with E-state index in [1.54, 1.807) is 0 Å². The Bertz CT molecular complexity index is 1360. The van der Waals surface area contributed by atoms with Crippen molar-refractivity contribution in [3.05, 3.63) is 144 Å². The van der Waals surface area contributed by atoms with Crippen molar-refractivity contribution in [1.29, 1.82) is 0 Å². The van der Waals surface area contributed by atoms with Crippen molar-refractivity contribution in [2.24, 2.45) is 0 Å². The largest absolute Gasteiger partial charge is 0.374 e. The van der Waals surface area contributed by atoms with Crippen LogP contribution in [0.5, 0.6) is 0 Å². The lowest BCUT2D eigenvalue weighted by Gasteiger charge is -2.45. The maximum atomic E-state index is 6.66. The van der Waals surface area contributed by atoms with E-state index >= 15 is 0 Å². The third-order valence-electron chi connectivity index (χ3n) is 7.17. The minimum Gasteiger partial charge on any atom is -0.374 e. The van der Waals surface area contributed by atoms with Crippen molar-refractivity contribution in [2.45, 2.75) is 57.1 Å². The van der Waals surface area contributed by atoms with E-state index in [4.69, 9.17) is 34.8 Å². The van der Waals surface area contributed by atoms with E-state index in [0.29, 0.717) is 26.4 Å². The van der Waals surface area contributed by atoms with Crippen molar-refractivity contribution >= 4 is 0 Å². The van der Waals surface area contributed by atoms with Crippen molar-refractivity contribution in [3.63, 3.8) is 0 Å². The summed E-state index contributed by atoms with van der Waals surface area (Å²) in [6, 6.07) is 40.1. The van der Waals surface area contributed by atoms with Crippen molar-refractivity contribution < 1.29 is 28.4 Å². The molecule has 6 nitrogen and oxygen atoms in total. The van der Waals surface area contributed by atoms with Gasteiger partial charge in [-0.15, -0.1) is 6.42 Å². The third-order valence-corrected chi connectivity index (χ3v) is 7.17. The van der Waals surface area contributed by atoms with E-state index < -0.39 is 30.7 Å². The molecule has 5 rings (SSSR count). The lowest BCUT2D eigenvalue weighted by atomic mass is 9.97. The Balaban J connectivity index is 1.41. The topological polar surface area (TPSA) is 55.4 Å². The summed E-state index contributed by atoms with van der Waals surface area (Å²) < 4.78 is 38.6. The minimum absolute atomic E-state index is 0.0639. The van der Waals surface area contributed by atoms with Gasteiger partial charge in [0.15, 0.2) is 6.29 Å². The Hall–Kier alpha value is -3.80. The first-order valence-corrected chi connectivity index (χ1v) is 14.6. The van der Waals surface area contributed by atoms with E-state index in [0.717, 1.165) is 22.3 Å². The van der Waals surface area contributed by atoms with E-state index in [9.17, 15) is 0 Å². The summed E-state index contributed by atoms with van der Waals surface area (Å²) in [5.41, 5.74) is 4.17. The number of terminal acetylenes is 1. The number of hydrogen-bond acceptors (Lipinski definition) is 6. The zero-order chi connectivity index (χ0) is 29.5. The zero-order valence-electron chi connectivity index (χ0n) is 24.2. The van der Waals surface area contributed by atoms with Gasteiger partial charge in [-0.05, 0) is 22.3 Å². The van der Waals surface area contributed by atoms with Gasteiger partial charge >= 0.3 is 0 Å². The lowest BCUT2D eigenvalue weighted by molar-refractivity contribution is -0.326. The second kappa shape index (κ2) is 16.7. The molecule has 6 heteroatoms. The van der Waals surface area contributed by atoms with Gasteiger partial charge in [-0.1, -0.05) is 127 Å². The van der Waals surface area contributed by atoms with Crippen LogP contribution in [0.25, 0.3) is 0 Å². The first-order valence-electron chi connectivity index (χ1n) is 14.6. The highest BCUT2D eigenvalue weighted by Gasteiger charge is 2.49. The second-order valence-corrected chi connectivity index (χ2v) is 10.3. The molecule has 1 fully saturated rings. The van der Waals surface area contributed by atoms with Gasteiger partial charge in [-0.3, -0.25) is 0 Å². The molecule has 4 aromatic carbocycles. The molecule has 1 heterocycles. The Kier molecular flexibility index (Phi) is 11.9. The van der Waals surface area contributed by atoms with E-state index in [-0.39, 0.29) is 13.2 Å². The smallest absolute Gasteiger partial charge is 0.188 e. The summed E-state index contributed by atoms with van der Waals surface area (Å²) in [5, 5.41) is 0. The first-order chi connectivity index (χ1) is 21.3. The fourth-order valence-electron chi connectivity index (χ4n) is 5.01. The molecule has 0 bridgehead atoms. The molecule has 0 saturated carbocycles. The highest BCUT2D eigenvalue weighted by atomic mass is 16.7. The number of rotatable bonds is 15. The molecule has 5 atom stereocenters. The predicted octanol–water partition coefficient (Wildman–Crippen LogP) is 6.33. The van der Waals surface area contributed by atoms with Crippen molar-refractivity contribution in [1.82, 2.24) is 0 Å². The Labute approximate surface area is 254 Å². The summed E-state index contributed by atoms with van der Waals surface area (Å²) in [6.45, 7) is 1.84. The molecular formula is C37H38O6. The van der Waals surface area contributed by atoms with Gasteiger partial charge < -0.3 is 28.4 Å². The van der Waals surface area contributed by atoms with Crippen molar-refractivity contribution in [3.8, 4) is 12.3 Å². The molecule has 0 amide bonds. The molecule has 0 unspecified atom stereocenters. The van der Waals surface area contributed by atoms with Crippen LogP contribution >= 0.6 is 0 Å². The molecule has 43 heavy (non-hydrogen) atoms. The fraction of sp³-hybridized carbons (Fsp3) is 0.297. The monoisotopic (exact) mass is 578 g/mol. The number of benzene rings is 4. The van der Waals surface area contributed by atoms with Crippen LogP contribution in [0.1, 0.15) is 22.3 Å². The van der Waals surface area contributed by atoms with Gasteiger partial charge in [0.25, 0.3) is 0 Å². The lowest BCUT2D eigenvalue weighted by Crippen LogP contribution is -2.61. The number of ether oxygens (including phenoxy) is 6. The van der Waals surface area contributed by atoms with Gasteiger partial charge in [0.1, 0.15) is 31.0 Å². The van der Waals surface area contributed by atoms with Crippen LogP contribution in [0.3, 0.4) is 0 Å². The van der Waals surface area contributed by atoms with Crippen LogP contribution < -0.4 is 0 Å². The average Bonchev–Trinajstić information content (AvgIpc) is 3.07. The summed E-state index contributed by atoms with van der Waals surface area (Å²) in [4.78, 5) is 0. The summed E-state index contributed by atoms with van der Waals surface area (Å²) in [7, 11) is 0. The molecule has 0 radical (unpaired) electrons. The maximum Gasteiger partial charge on any atom is 0.188 e. The third kappa shape index (κ3) is 9.34. The first kappa shape index (κ1) is 30.7. The molecule has 1 aliphatic heterocycles. The summed E-state index contributed by atoms with van der Waals surface area (Å²) in [6.07, 6.45) is 2.61. The minimum atomic E-state index is -0.789. The molecular weight excluding hydrogens is 540 g/mol. The van der Waals surface area contributed by atoms with Crippen LogP contribution in [-0.4, -0.2) is 43.9 Å². The summed E-state index contributed by atoms with van der Waals surface area (Å²) >= 11 is 0. The Morgan fingerprint density at radius 2 is 0.930 bits per heavy atom.